The number of esters is 1. The molecule has 0 aliphatic rings. The Morgan fingerprint density at radius 2 is 1.86 bits per heavy atom. The topological polar surface area (TPSA) is 104 Å². The maximum Gasteiger partial charge on any atom is 0.360 e. The molecule has 1 rings (SSSR count). The molecule has 0 fully saturated rings. The van der Waals surface area contributed by atoms with Crippen LogP contribution in [0.3, 0.4) is 0 Å². The molecule has 0 saturated carbocycles. The second kappa shape index (κ2) is 7.07. The van der Waals surface area contributed by atoms with Gasteiger partial charge in [-0.25, -0.2) is 0 Å². The van der Waals surface area contributed by atoms with Gasteiger partial charge in [-0.1, -0.05) is 19.9 Å². The Kier molecular flexibility index (Phi) is 5.96. The van der Waals surface area contributed by atoms with Crippen molar-refractivity contribution >= 4 is 18.9 Å². The van der Waals surface area contributed by atoms with Crippen molar-refractivity contribution in [2.45, 2.75) is 39.5 Å². The fourth-order valence-corrected chi connectivity index (χ4v) is 3.43. The minimum absolute atomic E-state index is 0.123. The van der Waals surface area contributed by atoms with Crippen molar-refractivity contribution in [3.63, 3.8) is 0 Å². The quantitative estimate of drug-likeness (QED) is 0.542. The molecule has 0 aliphatic carbocycles. The maximum absolute atomic E-state index is 11.7. The first-order chi connectivity index (χ1) is 9.76. The normalized spacial score (nSPS) is 11.5. The third-order valence-electron chi connectivity index (χ3n) is 3.40. The highest BCUT2D eigenvalue weighted by atomic mass is 31.2. The highest BCUT2D eigenvalue weighted by Crippen LogP contribution is 2.41. The van der Waals surface area contributed by atoms with Crippen LogP contribution < -0.4 is 5.30 Å². The molecule has 0 spiro atoms. The van der Waals surface area contributed by atoms with Crippen LogP contribution >= 0.6 is 7.60 Å². The molecule has 0 bridgehead atoms. The zero-order valence-electron chi connectivity index (χ0n) is 12.4. The Morgan fingerprint density at radius 3 is 2.29 bits per heavy atom. The SMILES string of the molecule is CCc1cc(CCC(=O)OC)c(CC)c(P(=O)(O)O)c1O. The van der Waals surface area contributed by atoms with Gasteiger partial charge in [0, 0.05) is 6.42 Å². The summed E-state index contributed by atoms with van der Waals surface area (Å²) < 4.78 is 16.3. The first kappa shape index (κ1) is 17.7. The molecule has 3 N–H and O–H groups in total. The van der Waals surface area contributed by atoms with E-state index in [9.17, 15) is 24.3 Å². The number of carbonyl (C=O) groups excluding carboxylic acids is 1. The average Bonchev–Trinajstić information content (AvgIpc) is 2.43. The van der Waals surface area contributed by atoms with Crippen molar-refractivity contribution in [2.24, 2.45) is 0 Å². The second-order valence-corrected chi connectivity index (χ2v) is 6.23. The van der Waals surface area contributed by atoms with Crippen LogP contribution in [0.15, 0.2) is 6.07 Å². The lowest BCUT2D eigenvalue weighted by Crippen LogP contribution is -2.17. The van der Waals surface area contributed by atoms with Crippen LogP contribution in [0.2, 0.25) is 0 Å². The van der Waals surface area contributed by atoms with Gasteiger partial charge in [-0.05, 0) is 36.0 Å². The Morgan fingerprint density at radius 1 is 1.24 bits per heavy atom. The third-order valence-corrected chi connectivity index (χ3v) is 4.47. The van der Waals surface area contributed by atoms with Gasteiger partial charge in [0.05, 0.1) is 7.11 Å². The van der Waals surface area contributed by atoms with Gasteiger partial charge in [0.15, 0.2) is 0 Å². The number of benzene rings is 1. The molecule has 0 unspecified atom stereocenters. The number of phenolic OH excluding ortho intramolecular Hbond substituents is 1. The zero-order chi connectivity index (χ0) is 16.2. The summed E-state index contributed by atoms with van der Waals surface area (Å²) in [5, 5.41) is 9.78. The van der Waals surface area contributed by atoms with Crippen LogP contribution in [0.4, 0.5) is 0 Å². The van der Waals surface area contributed by atoms with Crippen LogP contribution in [0.5, 0.6) is 5.75 Å². The fourth-order valence-electron chi connectivity index (χ4n) is 2.35. The van der Waals surface area contributed by atoms with E-state index in [4.69, 9.17) is 0 Å². The predicted molar refractivity (Wildman–Crippen MR) is 78.9 cm³/mol. The summed E-state index contributed by atoms with van der Waals surface area (Å²) in [5.74, 6) is -0.731. The molecule has 1 aromatic rings. The van der Waals surface area contributed by atoms with Crippen LogP contribution in [0.1, 0.15) is 37.0 Å². The van der Waals surface area contributed by atoms with Gasteiger partial charge in [0.1, 0.15) is 11.1 Å². The lowest BCUT2D eigenvalue weighted by Gasteiger charge is -2.18. The number of ether oxygens (including phenoxy) is 1. The molecule has 0 aromatic heterocycles. The summed E-state index contributed by atoms with van der Waals surface area (Å²) in [4.78, 5) is 30.3. The predicted octanol–water partition coefficient (Wildman–Crippen LogP) is 1.43. The monoisotopic (exact) mass is 316 g/mol. The van der Waals surface area contributed by atoms with Crippen molar-refractivity contribution in [2.75, 3.05) is 7.11 Å². The first-order valence-corrected chi connectivity index (χ1v) is 8.36. The second-order valence-electron chi connectivity index (χ2n) is 4.70. The number of aromatic hydroxyl groups is 1. The summed E-state index contributed by atoms with van der Waals surface area (Å²) in [6.45, 7) is 3.54. The molecule has 0 saturated heterocycles. The molecule has 21 heavy (non-hydrogen) atoms. The summed E-state index contributed by atoms with van der Waals surface area (Å²) >= 11 is 0. The zero-order valence-corrected chi connectivity index (χ0v) is 13.3. The van der Waals surface area contributed by atoms with Crippen molar-refractivity contribution in [3.8, 4) is 5.75 Å². The average molecular weight is 316 g/mol. The number of carbonyl (C=O) groups is 1. The number of hydrogen-bond donors (Lipinski definition) is 3. The van der Waals surface area contributed by atoms with Gasteiger partial charge in [0.25, 0.3) is 0 Å². The van der Waals surface area contributed by atoms with E-state index in [-0.39, 0.29) is 23.4 Å². The number of phenols is 1. The molecule has 7 heteroatoms. The van der Waals surface area contributed by atoms with E-state index >= 15 is 0 Å². The minimum Gasteiger partial charge on any atom is -0.507 e. The van der Waals surface area contributed by atoms with Crippen molar-refractivity contribution in [1.29, 1.82) is 0 Å². The van der Waals surface area contributed by atoms with E-state index in [1.54, 1.807) is 19.9 Å². The van der Waals surface area contributed by atoms with Crippen LogP contribution in [0, 0.1) is 0 Å². The summed E-state index contributed by atoms with van der Waals surface area (Å²) in [5.41, 5.74) is 1.53. The smallest absolute Gasteiger partial charge is 0.360 e. The van der Waals surface area contributed by atoms with Crippen molar-refractivity contribution in [3.05, 3.63) is 22.8 Å². The Bertz CT molecular complexity index is 575. The van der Waals surface area contributed by atoms with Crippen LogP contribution in [0.25, 0.3) is 0 Å². The van der Waals surface area contributed by atoms with Crippen molar-refractivity contribution in [1.82, 2.24) is 0 Å². The third kappa shape index (κ3) is 4.06. The molecule has 6 nitrogen and oxygen atoms in total. The summed E-state index contributed by atoms with van der Waals surface area (Å²) in [6.07, 6.45) is 1.23. The number of methoxy groups -OCH3 is 1. The number of rotatable bonds is 6. The van der Waals surface area contributed by atoms with E-state index in [2.05, 4.69) is 4.74 Å². The van der Waals surface area contributed by atoms with E-state index in [0.717, 1.165) is 0 Å². The van der Waals surface area contributed by atoms with Gasteiger partial charge in [-0.15, -0.1) is 0 Å². The van der Waals surface area contributed by atoms with E-state index in [0.29, 0.717) is 36.0 Å². The van der Waals surface area contributed by atoms with E-state index < -0.39 is 7.60 Å². The first-order valence-electron chi connectivity index (χ1n) is 6.75. The van der Waals surface area contributed by atoms with E-state index in [1.165, 1.54) is 7.11 Å². The van der Waals surface area contributed by atoms with E-state index in [1.807, 2.05) is 0 Å². The van der Waals surface area contributed by atoms with Crippen LogP contribution in [-0.2, 0) is 33.4 Å². The number of hydrogen-bond acceptors (Lipinski definition) is 4. The highest BCUT2D eigenvalue weighted by molar-refractivity contribution is 7.60. The molecule has 0 aliphatic heterocycles. The molecule has 118 valence electrons. The van der Waals surface area contributed by atoms with Gasteiger partial charge in [-0.2, -0.15) is 0 Å². The van der Waals surface area contributed by atoms with Gasteiger partial charge in [0.2, 0.25) is 0 Å². The molecule has 0 heterocycles. The van der Waals surface area contributed by atoms with Gasteiger partial charge in [-0.3, -0.25) is 9.36 Å². The molecule has 0 amide bonds. The lowest BCUT2D eigenvalue weighted by molar-refractivity contribution is -0.140. The van der Waals surface area contributed by atoms with Gasteiger partial charge >= 0.3 is 13.6 Å². The minimum atomic E-state index is -4.60. The summed E-state index contributed by atoms with van der Waals surface area (Å²) in [6, 6.07) is 1.70. The molecule has 0 atom stereocenters. The number of aryl methyl sites for hydroxylation is 2. The fraction of sp³-hybridized carbons (Fsp3) is 0.500. The molecular formula is C14H21O6P. The van der Waals surface area contributed by atoms with Gasteiger partial charge < -0.3 is 19.6 Å². The molecular weight excluding hydrogens is 295 g/mol. The maximum atomic E-state index is 11.7. The standard InChI is InChI=1S/C14H21O6P/c1-4-9-8-10(6-7-12(15)20-3)11(5-2)14(13(9)16)21(17,18)19/h8,16H,4-7H2,1-3H3,(H2,17,18,19). The lowest BCUT2D eigenvalue weighted by atomic mass is 9.96. The Labute approximate surface area is 123 Å². The van der Waals surface area contributed by atoms with Crippen molar-refractivity contribution < 1.29 is 29.0 Å². The largest absolute Gasteiger partial charge is 0.507 e. The highest BCUT2D eigenvalue weighted by Gasteiger charge is 2.29. The summed E-state index contributed by atoms with van der Waals surface area (Å²) in [7, 11) is -3.31. The Hall–Kier alpha value is -1.36. The molecule has 0 radical (unpaired) electrons. The molecule has 1 aromatic carbocycles. The van der Waals surface area contributed by atoms with Crippen LogP contribution in [-0.4, -0.2) is 28.0 Å². The Balaban J connectivity index is 3.43.